The van der Waals surface area contributed by atoms with E-state index in [0.29, 0.717) is 5.56 Å². The number of esters is 1. The van der Waals surface area contributed by atoms with Gasteiger partial charge in [0.05, 0.1) is 12.7 Å². The molecule has 1 aromatic heterocycles. The monoisotopic (exact) mass is 267 g/mol. The van der Waals surface area contributed by atoms with E-state index >= 15 is 0 Å². The second-order valence-corrected chi connectivity index (χ2v) is 4.52. The first-order valence-electron chi connectivity index (χ1n) is 6.48. The van der Waals surface area contributed by atoms with Gasteiger partial charge < -0.3 is 4.74 Å². The molecule has 0 unspecified atom stereocenters. The van der Waals surface area contributed by atoms with Gasteiger partial charge in [0, 0.05) is 17.8 Å². The summed E-state index contributed by atoms with van der Waals surface area (Å²) in [7, 11) is 1.36. The number of ether oxygens (including phenoxy) is 1. The van der Waals surface area contributed by atoms with E-state index in [9.17, 15) is 4.79 Å². The van der Waals surface area contributed by atoms with Crippen LogP contribution in [0.5, 0.6) is 0 Å². The zero-order chi connectivity index (χ0) is 14.4. The Hall–Kier alpha value is -2.42. The van der Waals surface area contributed by atoms with E-state index in [0.717, 1.165) is 11.3 Å². The highest BCUT2D eigenvalue weighted by atomic mass is 16.5. The molecule has 0 saturated carbocycles. The van der Waals surface area contributed by atoms with Crippen molar-refractivity contribution in [2.75, 3.05) is 7.11 Å². The summed E-state index contributed by atoms with van der Waals surface area (Å²) in [5.41, 5.74) is 2.55. The van der Waals surface area contributed by atoms with Crippen molar-refractivity contribution in [3.05, 3.63) is 71.6 Å². The first kappa shape index (κ1) is 14.0. The summed E-state index contributed by atoms with van der Waals surface area (Å²) in [6.45, 7) is 2.07. The highest BCUT2D eigenvalue weighted by molar-refractivity contribution is 5.88. The van der Waals surface area contributed by atoms with Gasteiger partial charge in [-0.2, -0.15) is 0 Å². The zero-order valence-corrected chi connectivity index (χ0v) is 11.6. The molecule has 0 aliphatic carbocycles. The van der Waals surface area contributed by atoms with Crippen molar-refractivity contribution in [2.24, 2.45) is 0 Å². The van der Waals surface area contributed by atoms with Crippen LogP contribution in [0.4, 0.5) is 0 Å². The van der Waals surface area contributed by atoms with Crippen LogP contribution in [0.15, 0.2) is 54.7 Å². The van der Waals surface area contributed by atoms with Crippen molar-refractivity contribution in [2.45, 2.75) is 12.8 Å². The number of benzene rings is 1. The van der Waals surface area contributed by atoms with Crippen LogP contribution in [0, 0.1) is 0 Å². The number of hydrogen-bond acceptors (Lipinski definition) is 3. The maximum atomic E-state index is 11.3. The SMILES string of the molecule is COC(=O)c1ccc([C@H](C)/C=C/c2ccccc2)nc1. The molecule has 2 aromatic rings. The Morgan fingerprint density at radius 1 is 1.20 bits per heavy atom. The molecule has 0 radical (unpaired) electrons. The van der Waals surface area contributed by atoms with Crippen molar-refractivity contribution in [3.8, 4) is 0 Å². The van der Waals surface area contributed by atoms with Gasteiger partial charge in [0.1, 0.15) is 0 Å². The Labute approximate surface area is 118 Å². The molecule has 0 saturated heterocycles. The van der Waals surface area contributed by atoms with Crippen molar-refractivity contribution < 1.29 is 9.53 Å². The molecule has 1 atom stereocenters. The quantitative estimate of drug-likeness (QED) is 0.793. The second kappa shape index (κ2) is 6.66. The van der Waals surface area contributed by atoms with E-state index in [1.165, 1.54) is 7.11 Å². The molecule has 20 heavy (non-hydrogen) atoms. The molecule has 3 heteroatoms. The summed E-state index contributed by atoms with van der Waals surface area (Å²) in [5, 5.41) is 0. The van der Waals surface area contributed by atoms with Crippen LogP contribution >= 0.6 is 0 Å². The van der Waals surface area contributed by atoms with Gasteiger partial charge in [0.15, 0.2) is 0 Å². The Morgan fingerprint density at radius 2 is 1.95 bits per heavy atom. The summed E-state index contributed by atoms with van der Waals surface area (Å²) < 4.78 is 4.65. The van der Waals surface area contributed by atoms with E-state index in [-0.39, 0.29) is 11.9 Å². The third kappa shape index (κ3) is 3.54. The number of rotatable bonds is 4. The molecule has 3 nitrogen and oxygen atoms in total. The molecule has 102 valence electrons. The normalized spacial score (nSPS) is 12.3. The van der Waals surface area contributed by atoms with Gasteiger partial charge in [-0.25, -0.2) is 4.79 Å². The molecular formula is C17H17NO2. The fraction of sp³-hybridized carbons (Fsp3) is 0.176. The summed E-state index contributed by atoms with van der Waals surface area (Å²) in [6, 6.07) is 13.7. The lowest BCUT2D eigenvalue weighted by molar-refractivity contribution is 0.0600. The smallest absolute Gasteiger partial charge is 0.339 e. The lowest BCUT2D eigenvalue weighted by atomic mass is 10.0. The molecule has 0 bridgehead atoms. The van der Waals surface area contributed by atoms with E-state index in [1.54, 1.807) is 12.3 Å². The van der Waals surface area contributed by atoms with Gasteiger partial charge in [0.2, 0.25) is 0 Å². The van der Waals surface area contributed by atoms with Crippen LogP contribution in [0.2, 0.25) is 0 Å². The molecule has 0 amide bonds. The van der Waals surface area contributed by atoms with Crippen LogP contribution in [0.3, 0.4) is 0 Å². The second-order valence-electron chi connectivity index (χ2n) is 4.52. The van der Waals surface area contributed by atoms with E-state index in [4.69, 9.17) is 0 Å². The van der Waals surface area contributed by atoms with Crippen LogP contribution in [-0.2, 0) is 4.74 Å². The van der Waals surface area contributed by atoms with Crippen LogP contribution in [0.25, 0.3) is 6.08 Å². The number of aromatic nitrogens is 1. The Morgan fingerprint density at radius 3 is 2.55 bits per heavy atom. The lowest BCUT2D eigenvalue weighted by Gasteiger charge is -2.06. The summed E-state index contributed by atoms with van der Waals surface area (Å²) >= 11 is 0. The van der Waals surface area contributed by atoms with Crippen molar-refractivity contribution in [3.63, 3.8) is 0 Å². The lowest BCUT2D eigenvalue weighted by Crippen LogP contribution is -2.03. The molecular weight excluding hydrogens is 250 g/mol. The zero-order valence-electron chi connectivity index (χ0n) is 11.6. The third-order valence-electron chi connectivity index (χ3n) is 3.05. The number of methoxy groups -OCH3 is 1. The van der Waals surface area contributed by atoms with E-state index in [2.05, 4.69) is 40.9 Å². The average molecular weight is 267 g/mol. The number of pyridine rings is 1. The number of carbonyl (C=O) groups is 1. The maximum absolute atomic E-state index is 11.3. The Kier molecular flexibility index (Phi) is 4.66. The van der Waals surface area contributed by atoms with Crippen molar-refractivity contribution >= 4 is 12.0 Å². The van der Waals surface area contributed by atoms with Crippen LogP contribution in [-0.4, -0.2) is 18.1 Å². The van der Waals surface area contributed by atoms with Gasteiger partial charge in [-0.05, 0) is 17.7 Å². The van der Waals surface area contributed by atoms with Crippen LogP contribution < -0.4 is 0 Å². The average Bonchev–Trinajstić information content (AvgIpc) is 2.53. The van der Waals surface area contributed by atoms with E-state index < -0.39 is 0 Å². The van der Waals surface area contributed by atoms with Gasteiger partial charge in [-0.3, -0.25) is 4.98 Å². The minimum absolute atomic E-state index is 0.182. The van der Waals surface area contributed by atoms with Crippen molar-refractivity contribution in [1.29, 1.82) is 0 Å². The molecule has 2 rings (SSSR count). The molecule has 0 aliphatic heterocycles. The summed E-state index contributed by atoms with van der Waals surface area (Å²) in [5.74, 6) is -0.182. The first-order valence-corrected chi connectivity index (χ1v) is 6.48. The van der Waals surface area contributed by atoms with Gasteiger partial charge in [-0.15, -0.1) is 0 Å². The van der Waals surface area contributed by atoms with Gasteiger partial charge in [0.25, 0.3) is 0 Å². The number of carbonyl (C=O) groups excluding carboxylic acids is 1. The topological polar surface area (TPSA) is 39.2 Å². The van der Waals surface area contributed by atoms with Gasteiger partial charge >= 0.3 is 5.97 Å². The standard InChI is InChI=1S/C17H17NO2/c1-13(8-9-14-6-4-3-5-7-14)16-11-10-15(12-18-16)17(19)20-2/h3-13H,1-2H3/b9-8+/t13-/m1/s1. The Balaban J connectivity index is 2.08. The van der Waals surface area contributed by atoms with E-state index in [1.807, 2.05) is 24.3 Å². The highest BCUT2D eigenvalue weighted by Gasteiger charge is 2.07. The molecule has 0 N–H and O–H groups in total. The predicted octanol–water partition coefficient (Wildman–Crippen LogP) is 3.69. The summed E-state index contributed by atoms with van der Waals surface area (Å²) in [6.07, 6.45) is 5.71. The third-order valence-corrected chi connectivity index (χ3v) is 3.05. The number of allylic oxidation sites excluding steroid dienone is 1. The highest BCUT2D eigenvalue weighted by Crippen LogP contribution is 2.16. The predicted molar refractivity (Wildman–Crippen MR) is 79.5 cm³/mol. The largest absolute Gasteiger partial charge is 0.465 e. The number of hydrogen-bond donors (Lipinski definition) is 0. The molecule has 0 aliphatic rings. The van der Waals surface area contributed by atoms with Gasteiger partial charge in [-0.1, -0.05) is 49.4 Å². The summed E-state index contributed by atoms with van der Waals surface area (Å²) in [4.78, 5) is 15.6. The van der Waals surface area contributed by atoms with Crippen LogP contribution in [0.1, 0.15) is 34.5 Å². The fourth-order valence-corrected chi connectivity index (χ4v) is 1.83. The van der Waals surface area contributed by atoms with Crippen molar-refractivity contribution in [1.82, 2.24) is 4.98 Å². The molecule has 0 spiro atoms. The molecule has 1 aromatic carbocycles. The number of nitrogens with zero attached hydrogens (tertiary/aromatic N) is 1. The minimum Gasteiger partial charge on any atom is -0.465 e. The maximum Gasteiger partial charge on any atom is 0.339 e. The minimum atomic E-state index is -0.364. The fourth-order valence-electron chi connectivity index (χ4n) is 1.83. The molecule has 0 fully saturated rings. The first-order chi connectivity index (χ1) is 9.70. The molecule has 1 heterocycles. The Bertz CT molecular complexity index is 588.